The first-order valence-corrected chi connectivity index (χ1v) is 8.64. The third-order valence-electron chi connectivity index (χ3n) is 3.53. The van der Waals surface area contributed by atoms with Crippen LogP contribution >= 0.6 is 23.2 Å². The highest BCUT2D eigenvalue weighted by atomic mass is 35.5. The van der Waals surface area contributed by atoms with Crippen LogP contribution in [0.2, 0.25) is 10.0 Å². The van der Waals surface area contributed by atoms with E-state index in [1.807, 2.05) is 0 Å². The van der Waals surface area contributed by atoms with Crippen molar-refractivity contribution < 1.29 is 19.1 Å². The SMILES string of the molecule is CC(=O)NCc1ccc(C(=O)OCC(=O)Nc2ncc(Cl)c(C)c2Cl)cc1. The molecule has 27 heavy (non-hydrogen) atoms. The maximum absolute atomic E-state index is 12.0. The monoisotopic (exact) mass is 409 g/mol. The summed E-state index contributed by atoms with van der Waals surface area (Å²) < 4.78 is 4.98. The number of hydrogen-bond donors (Lipinski definition) is 2. The first kappa shape index (κ1) is 20.7. The van der Waals surface area contributed by atoms with E-state index in [4.69, 9.17) is 27.9 Å². The van der Waals surface area contributed by atoms with Gasteiger partial charge in [-0.3, -0.25) is 9.59 Å². The van der Waals surface area contributed by atoms with Crippen LogP contribution in [-0.2, 0) is 20.9 Å². The van der Waals surface area contributed by atoms with Gasteiger partial charge in [0.15, 0.2) is 12.4 Å². The van der Waals surface area contributed by atoms with Gasteiger partial charge in [-0.25, -0.2) is 9.78 Å². The molecule has 0 aliphatic heterocycles. The molecule has 0 fully saturated rings. The number of pyridine rings is 1. The molecule has 2 amide bonds. The molecule has 0 aliphatic carbocycles. The van der Waals surface area contributed by atoms with Crippen LogP contribution < -0.4 is 10.6 Å². The average Bonchev–Trinajstić information content (AvgIpc) is 2.65. The lowest BCUT2D eigenvalue weighted by atomic mass is 10.1. The molecule has 1 aromatic carbocycles. The van der Waals surface area contributed by atoms with Crippen molar-refractivity contribution in [3.63, 3.8) is 0 Å². The van der Waals surface area contributed by atoms with Crippen LogP contribution in [0.1, 0.15) is 28.4 Å². The van der Waals surface area contributed by atoms with Gasteiger partial charge in [-0.05, 0) is 30.2 Å². The summed E-state index contributed by atoms with van der Waals surface area (Å²) in [4.78, 5) is 38.8. The van der Waals surface area contributed by atoms with E-state index in [1.165, 1.54) is 13.1 Å². The highest BCUT2D eigenvalue weighted by molar-refractivity contribution is 6.37. The standard InChI is InChI=1S/C18H17Cl2N3O4/c1-10-14(19)8-22-17(16(10)20)23-15(25)9-27-18(26)13-5-3-12(4-6-13)7-21-11(2)24/h3-6,8H,7,9H2,1-2H3,(H,21,24)(H,22,23,25). The summed E-state index contributed by atoms with van der Waals surface area (Å²) in [5.41, 5.74) is 1.70. The fraction of sp³-hybridized carbons (Fsp3) is 0.222. The van der Waals surface area contributed by atoms with E-state index < -0.39 is 18.5 Å². The van der Waals surface area contributed by atoms with E-state index in [2.05, 4.69) is 15.6 Å². The molecule has 142 valence electrons. The number of esters is 1. The molecular formula is C18H17Cl2N3O4. The summed E-state index contributed by atoms with van der Waals surface area (Å²) in [6.07, 6.45) is 1.37. The van der Waals surface area contributed by atoms with Gasteiger partial charge in [-0.15, -0.1) is 0 Å². The normalized spacial score (nSPS) is 10.2. The first-order valence-electron chi connectivity index (χ1n) is 7.89. The lowest BCUT2D eigenvalue weighted by Crippen LogP contribution is -2.22. The van der Waals surface area contributed by atoms with Crippen LogP contribution in [0.5, 0.6) is 0 Å². The van der Waals surface area contributed by atoms with Crippen LogP contribution in [0.4, 0.5) is 5.82 Å². The van der Waals surface area contributed by atoms with Crippen LogP contribution in [-0.4, -0.2) is 29.4 Å². The van der Waals surface area contributed by atoms with Crippen LogP contribution in [0.3, 0.4) is 0 Å². The zero-order valence-electron chi connectivity index (χ0n) is 14.6. The summed E-state index contributed by atoms with van der Waals surface area (Å²) in [5, 5.41) is 5.72. The van der Waals surface area contributed by atoms with E-state index in [-0.39, 0.29) is 22.3 Å². The molecule has 1 aromatic heterocycles. The van der Waals surface area contributed by atoms with E-state index in [0.29, 0.717) is 17.1 Å². The van der Waals surface area contributed by atoms with Crippen molar-refractivity contribution in [1.29, 1.82) is 0 Å². The van der Waals surface area contributed by atoms with Crippen molar-refractivity contribution in [2.75, 3.05) is 11.9 Å². The molecule has 0 saturated heterocycles. The summed E-state index contributed by atoms with van der Waals surface area (Å²) in [6, 6.07) is 6.48. The molecule has 0 radical (unpaired) electrons. The van der Waals surface area contributed by atoms with Gasteiger partial charge in [-0.2, -0.15) is 0 Å². The van der Waals surface area contributed by atoms with Crippen molar-refractivity contribution in [2.24, 2.45) is 0 Å². The Morgan fingerprint density at radius 3 is 2.44 bits per heavy atom. The molecule has 2 aromatic rings. The Morgan fingerprint density at radius 1 is 1.15 bits per heavy atom. The molecule has 0 saturated carbocycles. The Balaban J connectivity index is 1.88. The Morgan fingerprint density at radius 2 is 1.81 bits per heavy atom. The number of amides is 2. The minimum Gasteiger partial charge on any atom is -0.452 e. The Kier molecular flexibility index (Phi) is 7.15. The largest absolute Gasteiger partial charge is 0.452 e. The van der Waals surface area contributed by atoms with Crippen LogP contribution in [0.25, 0.3) is 0 Å². The summed E-state index contributed by atoms with van der Waals surface area (Å²) in [5.74, 6) is -1.23. The number of anilines is 1. The fourth-order valence-corrected chi connectivity index (χ4v) is 2.40. The summed E-state index contributed by atoms with van der Waals surface area (Å²) in [6.45, 7) is 2.98. The molecule has 2 rings (SSSR count). The van der Waals surface area contributed by atoms with Gasteiger partial charge >= 0.3 is 5.97 Å². The number of nitrogens with one attached hydrogen (secondary N) is 2. The smallest absolute Gasteiger partial charge is 0.338 e. The second-order valence-corrected chi connectivity index (χ2v) is 6.41. The molecular weight excluding hydrogens is 393 g/mol. The Bertz CT molecular complexity index is 870. The molecule has 0 unspecified atom stereocenters. The van der Waals surface area contributed by atoms with E-state index in [9.17, 15) is 14.4 Å². The van der Waals surface area contributed by atoms with Gasteiger partial charge in [0, 0.05) is 19.7 Å². The van der Waals surface area contributed by atoms with Gasteiger partial charge < -0.3 is 15.4 Å². The number of hydrogen-bond acceptors (Lipinski definition) is 5. The third-order valence-corrected chi connectivity index (χ3v) is 4.37. The second-order valence-electron chi connectivity index (χ2n) is 5.62. The summed E-state index contributed by atoms with van der Waals surface area (Å²) in [7, 11) is 0. The second kappa shape index (κ2) is 9.34. The van der Waals surface area contributed by atoms with Crippen molar-refractivity contribution in [1.82, 2.24) is 10.3 Å². The molecule has 0 aliphatic rings. The minimum atomic E-state index is -0.650. The van der Waals surface area contributed by atoms with Crippen LogP contribution in [0.15, 0.2) is 30.5 Å². The van der Waals surface area contributed by atoms with Gasteiger partial charge in [-0.1, -0.05) is 35.3 Å². The van der Waals surface area contributed by atoms with E-state index >= 15 is 0 Å². The number of ether oxygens (including phenoxy) is 1. The van der Waals surface area contributed by atoms with Gasteiger partial charge in [0.1, 0.15) is 0 Å². The van der Waals surface area contributed by atoms with Crippen molar-refractivity contribution in [3.8, 4) is 0 Å². The van der Waals surface area contributed by atoms with Gasteiger partial charge in [0.05, 0.1) is 15.6 Å². The average molecular weight is 410 g/mol. The minimum absolute atomic E-state index is 0.141. The van der Waals surface area contributed by atoms with Crippen molar-refractivity contribution in [3.05, 3.63) is 57.2 Å². The number of nitrogens with zero attached hydrogens (tertiary/aromatic N) is 1. The van der Waals surface area contributed by atoms with E-state index in [1.54, 1.807) is 31.2 Å². The fourth-order valence-electron chi connectivity index (χ4n) is 2.01. The highest BCUT2D eigenvalue weighted by Crippen LogP contribution is 2.28. The Labute approximate surface area is 166 Å². The van der Waals surface area contributed by atoms with Gasteiger partial charge in [0.2, 0.25) is 5.91 Å². The number of rotatable bonds is 6. The molecule has 0 bridgehead atoms. The molecule has 0 spiro atoms. The third kappa shape index (κ3) is 5.94. The predicted octanol–water partition coefficient (Wildman–Crippen LogP) is 3.13. The molecule has 1 heterocycles. The maximum Gasteiger partial charge on any atom is 0.338 e. The quantitative estimate of drug-likeness (QED) is 0.714. The highest BCUT2D eigenvalue weighted by Gasteiger charge is 2.14. The zero-order valence-corrected chi connectivity index (χ0v) is 16.1. The van der Waals surface area contributed by atoms with Gasteiger partial charge in [0.25, 0.3) is 5.91 Å². The van der Waals surface area contributed by atoms with Crippen molar-refractivity contribution in [2.45, 2.75) is 20.4 Å². The zero-order chi connectivity index (χ0) is 20.0. The number of benzene rings is 1. The number of halogens is 2. The van der Waals surface area contributed by atoms with E-state index in [0.717, 1.165) is 5.56 Å². The molecule has 7 nitrogen and oxygen atoms in total. The molecule has 9 heteroatoms. The first-order chi connectivity index (χ1) is 12.8. The number of carbonyl (C=O) groups is 3. The van der Waals surface area contributed by atoms with Crippen molar-refractivity contribution >= 4 is 46.8 Å². The maximum atomic E-state index is 12.0. The lowest BCUT2D eigenvalue weighted by molar-refractivity contribution is -0.119. The topological polar surface area (TPSA) is 97.4 Å². The summed E-state index contributed by atoms with van der Waals surface area (Å²) >= 11 is 12.0. The lowest BCUT2D eigenvalue weighted by Gasteiger charge is -2.09. The number of aromatic nitrogens is 1. The molecule has 2 N–H and O–H groups in total. The van der Waals surface area contributed by atoms with Crippen LogP contribution in [0, 0.1) is 6.92 Å². The molecule has 0 atom stereocenters. The predicted molar refractivity (Wildman–Crippen MR) is 102 cm³/mol. The number of carbonyl (C=O) groups excluding carboxylic acids is 3. The Hall–Kier alpha value is -2.64.